The van der Waals surface area contributed by atoms with E-state index >= 15 is 8.78 Å². The van der Waals surface area contributed by atoms with Crippen LogP contribution in [0.1, 0.15) is 54.6 Å². The summed E-state index contributed by atoms with van der Waals surface area (Å²) in [6, 6.07) is 12.3. The van der Waals surface area contributed by atoms with Gasteiger partial charge in [-0.2, -0.15) is 5.26 Å². The number of hydrogen-bond donors (Lipinski definition) is 2. The van der Waals surface area contributed by atoms with Crippen molar-refractivity contribution >= 4 is 46.7 Å². The van der Waals surface area contributed by atoms with Crippen LogP contribution in [0.25, 0.3) is 0 Å². The van der Waals surface area contributed by atoms with Gasteiger partial charge in [-0.15, -0.1) is 0 Å². The number of anilines is 1. The lowest BCUT2D eigenvalue weighted by Crippen LogP contribution is -2.45. The summed E-state index contributed by atoms with van der Waals surface area (Å²) in [7, 11) is 2.90. The fraction of sp³-hybridized carbons (Fsp3) is 0.476. The first-order valence-corrected chi connectivity index (χ1v) is 19.5. The van der Waals surface area contributed by atoms with Crippen LogP contribution in [0.5, 0.6) is 5.75 Å². The van der Waals surface area contributed by atoms with E-state index in [1.165, 1.54) is 55.6 Å². The highest BCUT2D eigenvalue weighted by atomic mass is 35.5. The number of nitriles is 1. The number of carbonyl (C=O) groups is 3. The Kier molecular flexibility index (Phi) is 17.8. The minimum absolute atomic E-state index is 0.00935. The summed E-state index contributed by atoms with van der Waals surface area (Å²) >= 11 is 12.4. The average molecular weight is 865 g/mol. The first-order valence-electron chi connectivity index (χ1n) is 18.8. The molecule has 320 valence electrons. The number of benzene rings is 3. The van der Waals surface area contributed by atoms with Crippen LogP contribution in [0, 0.1) is 28.4 Å². The highest BCUT2D eigenvalue weighted by Crippen LogP contribution is 2.53. The van der Waals surface area contributed by atoms with Gasteiger partial charge in [-0.3, -0.25) is 4.79 Å². The number of ether oxygens (including phenoxy) is 7. The maximum atomic E-state index is 16.0. The van der Waals surface area contributed by atoms with Gasteiger partial charge in [0, 0.05) is 29.7 Å². The summed E-state index contributed by atoms with van der Waals surface area (Å²) in [5.74, 6) is -5.31. The van der Waals surface area contributed by atoms with Crippen molar-refractivity contribution in [1.29, 1.82) is 5.26 Å². The van der Waals surface area contributed by atoms with Crippen LogP contribution in [-0.4, -0.2) is 104 Å². The van der Waals surface area contributed by atoms with E-state index in [0.717, 1.165) is 6.07 Å². The van der Waals surface area contributed by atoms with Gasteiger partial charge in [0.2, 0.25) is 5.91 Å². The van der Waals surface area contributed by atoms with Crippen molar-refractivity contribution in [2.24, 2.45) is 5.41 Å². The van der Waals surface area contributed by atoms with Crippen LogP contribution in [0.3, 0.4) is 0 Å². The molecule has 3 aromatic carbocycles. The normalized spacial score (nSPS) is 18.9. The molecular formula is C42H49Cl2F2N3O10. The van der Waals surface area contributed by atoms with Gasteiger partial charge in [-0.1, -0.05) is 62.2 Å². The molecule has 3 aromatic rings. The molecule has 1 aliphatic rings. The summed E-state index contributed by atoms with van der Waals surface area (Å²) in [6.45, 7) is 7.58. The zero-order valence-electron chi connectivity index (χ0n) is 33.5. The van der Waals surface area contributed by atoms with E-state index < -0.39 is 64.9 Å². The summed E-state index contributed by atoms with van der Waals surface area (Å²) in [5.41, 5.74) is -2.32. The average Bonchev–Trinajstić information content (AvgIpc) is 3.51. The molecule has 13 nitrogen and oxygen atoms in total. The summed E-state index contributed by atoms with van der Waals surface area (Å²) in [5, 5.41) is 17.0. The number of rotatable bonds is 21. The van der Waals surface area contributed by atoms with Crippen molar-refractivity contribution in [1.82, 2.24) is 5.32 Å². The number of methoxy groups -OCH3 is 2. The first-order chi connectivity index (χ1) is 28.2. The van der Waals surface area contributed by atoms with Crippen LogP contribution < -0.4 is 15.4 Å². The molecule has 0 radical (unpaired) electrons. The molecule has 2 N–H and O–H groups in total. The lowest BCUT2D eigenvalue weighted by atomic mass is 9.62. The molecule has 1 aliphatic heterocycles. The van der Waals surface area contributed by atoms with Crippen molar-refractivity contribution in [2.75, 3.05) is 79.0 Å². The number of nitrogens with one attached hydrogen (secondary N) is 2. The van der Waals surface area contributed by atoms with Gasteiger partial charge >= 0.3 is 11.9 Å². The van der Waals surface area contributed by atoms with Crippen LogP contribution in [0.2, 0.25) is 10.0 Å². The predicted molar refractivity (Wildman–Crippen MR) is 215 cm³/mol. The zero-order chi connectivity index (χ0) is 43.2. The molecule has 4 atom stereocenters. The van der Waals surface area contributed by atoms with Crippen LogP contribution in [0.15, 0.2) is 54.6 Å². The number of nitrogens with zero attached hydrogens (tertiary/aromatic N) is 1. The fourth-order valence-corrected chi connectivity index (χ4v) is 7.18. The number of amides is 1. The molecule has 1 saturated heterocycles. The van der Waals surface area contributed by atoms with E-state index in [1.807, 2.05) is 20.8 Å². The largest absolute Gasteiger partial charge is 0.495 e. The molecule has 0 spiro atoms. The van der Waals surface area contributed by atoms with Gasteiger partial charge in [0.15, 0.2) is 6.61 Å². The van der Waals surface area contributed by atoms with Gasteiger partial charge in [0.25, 0.3) is 0 Å². The number of hydrogen-bond acceptors (Lipinski definition) is 12. The van der Waals surface area contributed by atoms with Crippen LogP contribution in [-0.2, 0) is 43.4 Å². The van der Waals surface area contributed by atoms with E-state index in [4.69, 9.17) is 56.4 Å². The molecule has 4 unspecified atom stereocenters. The Morgan fingerprint density at radius 1 is 0.881 bits per heavy atom. The van der Waals surface area contributed by atoms with E-state index in [1.54, 1.807) is 7.11 Å². The number of carbonyl (C=O) groups excluding carboxylic acids is 3. The Hall–Kier alpha value is -4.40. The maximum Gasteiger partial charge on any atom is 0.344 e. The van der Waals surface area contributed by atoms with E-state index in [0.29, 0.717) is 33.0 Å². The maximum absolute atomic E-state index is 16.0. The minimum atomic E-state index is -1.84. The van der Waals surface area contributed by atoms with Gasteiger partial charge in [0.05, 0.1) is 81.7 Å². The third kappa shape index (κ3) is 12.6. The Labute approximate surface area is 352 Å². The molecule has 1 heterocycles. The molecular weight excluding hydrogens is 815 g/mol. The van der Waals surface area contributed by atoms with Crippen molar-refractivity contribution < 1.29 is 56.3 Å². The molecule has 0 saturated carbocycles. The van der Waals surface area contributed by atoms with Crippen LogP contribution >= 0.6 is 23.2 Å². The van der Waals surface area contributed by atoms with Crippen molar-refractivity contribution in [3.8, 4) is 11.8 Å². The Morgan fingerprint density at radius 3 is 2.15 bits per heavy atom. The summed E-state index contributed by atoms with van der Waals surface area (Å²) in [6.07, 6.45) is 0.273. The smallest absolute Gasteiger partial charge is 0.344 e. The quantitative estimate of drug-likeness (QED) is 0.0869. The fourth-order valence-electron chi connectivity index (χ4n) is 6.84. The summed E-state index contributed by atoms with van der Waals surface area (Å²) < 4.78 is 68.5. The number of halogens is 4. The van der Waals surface area contributed by atoms with Crippen LogP contribution in [0.4, 0.5) is 14.5 Å². The van der Waals surface area contributed by atoms with Crippen molar-refractivity contribution in [2.45, 2.75) is 50.6 Å². The second-order valence-corrected chi connectivity index (χ2v) is 15.6. The molecule has 0 aliphatic carbocycles. The van der Waals surface area contributed by atoms with E-state index in [2.05, 4.69) is 16.7 Å². The Morgan fingerprint density at radius 2 is 1.54 bits per heavy atom. The predicted octanol–water partition coefficient (Wildman–Crippen LogP) is 6.64. The lowest BCUT2D eigenvalue weighted by Gasteiger charge is -2.37. The Bertz CT molecular complexity index is 1960. The topological polar surface area (TPSA) is 164 Å². The SMILES string of the molecule is COCCOCCOCCOCCOC(=O)COC(=O)c1ccc(NC(=O)C2NC(CC(C)(C)C)C(C#N)(c3ccc(Cl)cc3F)C2c2cccc(Cl)c2F)c(OC)c1. The van der Waals surface area contributed by atoms with Gasteiger partial charge in [-0.05, 0) is 53.8 Å². The number of esters is 2. The highest BCUT2D eigenvalue weighted by molar-refractivity contribution is 6.31. The molecule has 59 heavy (non-hydrogen) atoms. The van der Waals surface area contributed by atoms with E-state index in [9.17, 15) is 19.6 Å². The molecule has 1 amide bonds. The molecule has 4 rings (SSSR count). The van der Waals surface area contributed by atoms with E-state index in [-0.39, 0.29) is 64.4 Å². The molecule has 1 fully saturated rings. The Balaban J connectivity index is 1.46. The minimum Gasteiger partial charge on any atom is -0.495 e. The van der Waals surface area contributed by atoms with Gasteiger partial charge < -0.3 is 43.8 Å². The standard InChI is InChI=1S/C42H49Cl2F2N3O10/c1-41(2,3)23-34-42(25-47,29-11-10-27(43)22-31(29)45)36(28-7-6-8-30(44)37(28)46)38(49-34)39(51)48-32-12-9-26(21-33(32)54-5)40(52)59-24-35(50)58-20-19-57-18-17-56-16-15-55-14-13-53-4/h6-12,21-22,34,36,38,49H,13-20,23-24H2,1-5H3,(H,48,51). The second-order valence-electron chi connectivity index (χ2n) is 14.7. The third-order valence-corrected chi connectivity index (χ3v) is 9.94. The van der Waals surface area contributed by atoms with Crippen molar-refractivity contribution in [3.63, 3.8) is 0 Å². The third-order valence-electron chi connectivity index (χ3n) is 9.41. The summed E-state index contributed by atoms with van der Waals surface area (Å²) in [4.78, 5) is 39.5. The molecule has 17 heteroatoms. The first kappa shape index (κ1) is 47.3. The lowest BCUT2D eigenvalue weighted by molar-refractivity contribution is -0.148. The zero-order valence-corrected chi connectivity index (χ0v) is 35.1. The molecule has 0 bridgehead atoms. The molecule has 0 aromatic heterocycles. The monoisotopic (exact) mass is 863 g/mol. The second kappa shape index (κ2) is 22.3. The van der Waals surface area contributed by atoms with Gasteiger partial charge in [-0.25, -0.2) is 18.4 Å². The van der Waals surface area contributed by atoms with Crippen molar-refractivity contribution in [3.05, 3.63) is 93.0 Å². The highest BCUT2D eigenvalue weighted by Gasteiger charge is 2.61. The van der Waals surface area contributed by atoms with Gasteiger partial charge in [0.1, 0.15) is 29.4 Å².